The van der Waals surface area contributed by atoms with Crippen LogP contribution in [0.1, 0.15) is 355 Å². The molecule has 0 rings (SSSR count). The van der Waals surface area contributed by atoms with Gasteiger partial charge in [-0.15, -0.1) is 0 Å². The van der Waals surface area contributed by atoms with Crippen LogP contribution in [0.15, 0.2) is 85.1 Å². The molecule has 0 aliphatic heterocycles. The molecular formula is C75H132O6. The molecule has 1 atom stereocenters. The van der Waals surface area contributed by atoms with Gasteiger partial charge in [-0.25, -0.2) is 0 Å². The van der Waals surface area contributed by atoms with Crippen molar-refractivity contribution in [2.45, 2.75) is 361 Å². The normalized spacial score (nSPS) is 12.6. The van der Waals surface area contributed by atoms with Gasteiger partial charge in [0.05, 0.1) is 0 Å². The number of hydrogen-bond acceptors (Lipinski definition) is 6. The van der Waals surface area contributed by atoms with Gasteiger partial charge in [-0.1, -0.05) is 324 Å². The second-order valence-corrected chi connectivity index (χ2v) is 23.4. The maximum absolute atomic E-state index is 12.9. The number of hydrogen-bond donors (Lipinski definition) is 0. The van der Waals surface area contributed by atoms with E-state index in [4.69, 9.17) is 14.2 Å². The molecule has 0 saturated heterocycles. The van der Waals surface area contributed by atoms with Crippen molar-refractivity contribution >= 4 is 17.9 Å². The highest BCUT2D eigenvalue weighted by molar-refractivity contribution is 5.71. The third kappa shape index (κ3) is 67.3. The van der Waals surface area contributed by atoms with Gasteiger partial charge in [-0.2, -0.15) is 0 Å². The molecular weight excluding hydrogens is 997 g/mol. The lowest BCUT2D eigenvalue weighted by atomic mass is 10.0. The summed E-state index contributed by atoms with van der Waals surface area (Å²) in [4.78, 5) is 38.4. The lowest BCUT2D eigenvalue weighted by molar-refractivity contribution is -0.167. The molecule has 0 heterocycles. The molecule has 0 radical (unpaired) electrons. The molecule has 1 unspecified atom stereocenters. The summed E-state index contributed by atoms with van der Waals surface area (Å²) in [6, 6.07) is 0. The van der Waals surface area contributed by atoms with Gasteiger partial charge in [0.25, 0.3) is 0 Å². The predicted octanol–water partition coefficient (Wildman–Crippen LogP) is 24.2. The number of ether oxygens (including phenoxy) is 3. The van der Waals surface area contributed by atoms with E-state index < -0.39 is 6.10 Å². The highest BCUT2D eigenvalue weighted by Crippen LogP contribution is 2.17. The molecule has 6 heteroatoms. The molecule has 468 valence electrons. The molecule has 0 saturated carbocycles. The minimum Gasteiger partial charge on any atom is -0.462 e. The number of carbonyl (C=O) groups is 3. The van der Waals surface area contributed by atoms with Crippen LogP contribution in [-0.4, -0.2) is 37.2 Å². The Morgan fingerprint density at radius 2 is 0.481 bits per heavy atom. The fourth-order valence-corrected chi connectivity index (χ4v) is 10.2. The van der Waals surface area contributed by atoms with Gasteiger partial charge in [0, 0.05) is 19.3 Å². The maximum Gasteiger partial charge on any atom is 0.306 e. The second kappa shape index (κ2) is 69.1. The topological polar surface area (TPSA) is 78.9 Å². The van der Waals surface area contributed by atoms with Crippen molar-refractivity contribution < 1.29 is 28.6 Å². The van der Waals surface area contributed by atoms with Crippen molar-refractivity contribution in [3.63, 3.8) is 0 Å². The number of esters is 3. The van der Waals surface area contributed by atoms with Crippen LogP contribution >= 0.6 is 0 Å². The highest BCUT2D eigenvalue weighted by atomic mass is 16.6. The Morgan fingerprint density at radius 3 is 0.765 bits per heavy atom. The zero-order valence-corrected chi connectivity index (χ0v) is 53.8. The Balaban J connectivity index is 4.18. The molecule has 6 nitrogen and oxygen atoms in total. The van der Waals surface area contributed by atoms with Crippen LogP contribution < -0.4 is 0 Å². The predicted molar refractivity (Wildman–Crippen MR) is 353 cm³/mol. The maximum atomic E-state index is 12.9. The largest absolute Gasteiger partial charge is 0.462 e. The van der Waals surface area contributed by atoms with Gasteiger partial charge in [-0.3, -0.25) is 14.4 Å². The van der Waals surface area contributed by atoms with Crippen LogP contribution in [0.5, 0.6) is 0 Å². The Labute approximate surface area is 503 Å². The third-order valence-corrected chi connectivity index (χ3v) is 15.4. The van der Waals surface area contributed by atoms with E-state index in [9.17, 15) is 14.4 Å². The summed E-state index contributed by atoms with van der Waals surface area (Å²) in [7, 11) is 0. The Morgan fingerprint density at radius 1 is 0.259 bits per heavy atom. The Kier molecular flexibility index (Phi) is 66.2. The molecule has 81 heavy (non-hydrogen) atoms. The number of carbonyl (C=O) groups excluding carboxylic acids is 3. The first-order valence-electron chi connectivity index (χ1n) is 35.1. The molecule has 0 aliphatic carbocycles. The quantitative estimate of drug-likeness (QED) is 0.0261. The van der Waals surface area contributed by atoms with E-state index in [0.29, 0.717) is 19.3 Å². The van der Waals surface area contributed by atoms with Crippen LogP contribution in [-0.2, 0) is 28.6 Å². The first-order chi connectivity index (χ1) is 40.0. The molecule has 0 fully saturated rings. The molecule has 0 N–H and O–H groups in total. The molecule has 0 bridgehead atoms. The fraction of sp³-hybridized carbons (Fsp3) is 0.773. The summed E-state index contributed by atoms with van der Waals surface area (Å²) >= 11 is 0. The van der Waals surface area contributed by atoms with Gasteiger partial charge in [0.15, 0.2) is 6.10 Å². The van der Waals surface area contributed by atoms with Gasteiger partial charge < -0.3 is 14.2 Å². The minimum absolute atomic E-state index is 0.0727. The van der Waals surface area contributed by atoms with Crippen LogP contribution in [0.3, 0.4) is 0 Å². The summed E-state index contributed by atoms with van der Waals surface area (Å²) in [5.74, 6) is -0.859. The van der Waals surface area contributed by atoms with Crippen molar-refractivity contribution in [1.82, 2.24) is 0 Å². The molecule has 0 aromatic heterocycles. The summed E-state index contributed by atoms with van der Waals surface area (Å²) in [5.41, 5.74) is 0. The molecule has 0 amide bonds. The number of allylic oxidation sites excluding steroid dienone is 14. The average Bonchev–Trinajstić information content (AvgIpc) is 3.47. The van der Waals surface area contributed by atoms with E-state index in [2.05, 4.69) is 106 Å². The second-order valence-electron chi connectivity index (χ2n) is 23.4. The van der Waals surface area contributed by atoms with Crippen LogP contribution in [0.25, 0.3) is 0 Å². The highest BCUT2D eigenvalue weighted by Gasteiger charge is 2.19. The van der Waals surface area contributed by atoms with E-state index in [1.807, 2.05) is 0 Å². The summed E-state index contributed by atoms with van der Waals surface area (Å²) in [5, 5.41) is 0. The van der Waals surface area contributed by atoms with Crippen LogP contribution in [0.4, 0.5) is 0 Å². The zero-order chi connectivity index (χ0) is 58.5. The lowest BCUT2D eigenvalue weighted by Crippen LogP contribution is -2.30. The third-order valence-electron chi connectivity index (χ3n) is 15.4. The smallest absolute Gasteiger partial charge is 0.306 e. The summed E-state index contributed by atoms with van der Waals surface area (Å²) in [6.07, 6.45) is 91.8. The molecule has 0 aliphatic rings. The van der Waals surface area contributed by atoms with Crippen molar-refractivity contribution in [2.24, 2.45) is 0 Å². The van der Waals surface area contributed by atoms with Gasteiger partial charge in [0.2, 0.25) is 0 Å². The number of unbranched alkanes of at least 4 members (excludes halogenated alkanes) is 39. The summed E-state index contributed by atoms with van der Waals surface area (Å²) < 4.78 is 17.0. The average molecular weight is 1130 g/mol. The zero-order valence-electron chi connectivity index (χ0n) is 53.8. The Hall–Kier alpha value is -3.41. The van der Waals surface area contributed by atoms with Crippen LogP contribution in [0, 0.1) is 0 Å². The molecule has 0 aromatic rings. The van der Waals surface area contributed by atoms with Crippen LogP contribution in [0.2, 0.25) is 0 Å². The SMILES string of the molecule is CC/C=C\C/C=C\C/C=C\C/C=C\C/C=C\C/C=C\CCCCCCCCCCCCCCCCC(=O)OCC(COC(=O)CCCCCCCCCCCCCC)OC(=O)CCCCCCCCC/C=C\CCCCCCCCC. The lowest BCUT2D eigenvalue weighted by Gasteiger charge is -2.18. The van der Waals surface area contributed by atoms with E-state index in [-0.39, 0.29) is 31.1 Å². The minimum atomic E-state index is -0.776. The van der Waals surface area contributed by atoms with Gasteiger partial charge >= 0.3 is 17.9 Å². The standard InChI is InChI=1S/C75H132O6/c1-4-7-10-13-16-19-22-25-27-29-31-32-33-34-35-36-37-38-39-40-41-42-43-44-45-47-48-50-53-56-59-62-65-68-74(77)80-71-72(70-79-73(76)67-64-61-58-55-52-24-21-18-15-12-9-6-3)81-75(78)69-66-63-60-57-54-51-49-46-30-28-26-23-20-17-14-11-8-5-2/h7,10,16,19,25,27-28,30-32,34-35,37-38,72H,4-6,8-9,11-15,17-18,20-24,26,29,33,36,39-71H2,1-3H3/b10-7-,19-16-,27-25-,30-28-,32-31-,35-34-,38-37-. The fourth-order valence-electron chi connectivity index (χ4n) is 10.2. The van der Waals surface area contributed by atoms with E-state index in [1.165, 1.54) is 218 Å². The molecule has 0 spiro atoms. The van der Waals surface area contributed by atoms with E-state index in [0.717, 1.165) is 96.3 Å². The monoisotopic (exact) mass is 1130 g/mol. The van der Waals surface area contributed by atoms with Crippen molar-refractivity contribution in [3.05, 3.63) is 85.1 Å². The van der Waals surface area contributed by atoms with Gasteiger partial charge in [0.1, 0.15) is 13.2 Å². The van der Waals surface area contributed by atoms with E-state index in [1.54, 1.807) is 0 Å². The first kappa shape index (κ1) is 77.6. The molecule has 0 aromatic carbocycles. The van der Waals surface area contributed by atoms with Crippen molar-refractivity contribution in [2.75, 3.05) is 13.2 Å². The van der Waals surface area contributed by atoms with Crippen molar-refractivity contribution in [3.8, 4) is 0 Å². The number of rotatable bonds is 64. The first-order valence-corrected chi connectivity index (χ1v) is 35.1. The summed E-state index contributed by atoms with van der Waals surface area (Å²) in [6.45, 7) is 6.56. The Bertz CT molecular complexity index is 1530. The van der Waals surface area contributed by atoms with Gasteiger partial charge in [-0.05, 0) is 96.3 Å². The van der Waals surface area contributed by atoms with E-state index >= 15 is 0 Å². The van der Waals surface area contributed by atoms with Crippen molar-refractivity contribution in [1.29, 1.82) is 0 Å².